The van der Waals surface area contributed by atoms with E-state index in [-0.39, 0.29) is 11.6 Å². The van der Waals surface area contributed by atoms with E-state index in [9.17, 15) is 4.79 Å². The van der Waals surface area contributed by atoms with E-state index in [0.29, 0.717) is 22.2 Å². The fourth-order valence-electron chi connectivity index (χ4n) is 2.76. The van der Waals surface area contributed by atoms with Crippen molar-refractivity contribution in [2.24, 2.45) is 0 Å². The number of nitrogens with zero attached hydrogens (tertiary/aromatic N) is 5. The first-order valence-electron chi connectivity index (χ1n) is 8.50. The molecule has 140 valence electrons. The molecule has 0 saturated heterocycles. The summed E-state index contributed by atoms with van der Waals surface area (Å²) in [5.74, 6) is 1.01. The largest absolute Gasteiger partial charge is 0.321 e. The first-order valence-corrected chi connectivity index (χ1v) is 8.88. The fourth-order valence-corrected chi connectivity index (χ4v) is 2.94. The molecule has 9 heteroatoms. The Morgan fingerprint density at radius 1 is 1.14 bits per heavy atom. The van der Waals surface area contributed by atoms with Gasteiger partial charge in [-0.25, -0.2) is 9.67 Å². The predicted molar refractivity (Wildman–Crippen MR) is 106 cm³/mol. The van der Waals surface area contributed by atoms with E-state index in [4.69, 9.17) is 11.6 Å². The number of hydrogen-bond donors (Lipinski definition) is 2. The number of H-pyrrole nitrogens is 1. The zero-order valence-electron chi connectivity index (χ0n) is 15.1. The molecule has 2 N–H and O–H groups in total. The number of aryl methyl sites for hydroxylation is 1. The topological polar surface area (TPSA) is 101 Å². The average molecular weight is 394 g/mol. The van der Waals surface area contributed by atoms with Crippen LogP contribution in [0.2, 0.25) is 5.02 Å². The molecule has 0 aliphatic carbocycles. The van der Waals surface area contributed by atoms with Crippen LogP contribution in [0.1, 0.15) is 22.0 Å². The number of anilines is 1. The van der Waals surface area contributed by atoms with Gasteiger partial charge < -0.3 is 5.32 Å². The lowest BCUT2D eigenvalue weighted by Gasteiger charge is -2.06. The van der Waals surface area contributed by atoms with Crippen LogP contribution in [-0.2, 0) is 0 Å². The van der Waals surface area contributed by atoms with Crippen molar-refractivity contribution in [3.05, 3.63) is 70.8 Å². The Morgan fingerprint density at radius 2 is 1.93 bits per heavy atom. The second-order valence-corrected chi connectivity index (χ2v) is 6.63. The highest BCUT2D eigenvalue weighted by molar-refractivity contribution is 6.30. The molecule has 0 spiro atoms. The zero-order valence-corrected chi connectivity index (χ0v) is 15.9. The Bertz CT molecular complexity index is 1150. The SMILES string of the molecule is Cc1nc(-c2ccc(NC(=O)c3nnn(-c4cccc(Cl)c4)c3C)cc2)n[nH]1. The van der Waals surface area contributed by atoms with Crippen molar-refractivity contribution in [2.45, 2.75) is 13.8 Å². The molecule has 0 unspecified atom stereocenters. The minimum atomic E-state index is -0.340. The summed E-state index contributed by atoms with van der Waals surface area (Å²) >= 11 is 6.03. The number of halogens is 1. The minimum Gasteiger partial charge on any atom is -0.321 e. The van der Waals surface area contributed by atoms with Crippen LogP contribution in [0.3, 0.4) is 0 Å². The Kier molecular flexibility index (Phi) is 4.62. The van der Waals surface area contributed by atoms with Gasteiger partial charge in [0.25, 0.3) is 5.91 Å². The molecule has 0 aliphatic heterocycles. The number of hydrogen-bond acceptors (Lipinski definition) is 5. The summed E-state index contributed by atoms with van der Waals surface area (Å²) in [4.78, 5) is 16.9. The highest BCUT2D eigenvalue weighted by Crippen LogP contribution is 2.20. The van der Waals surface area contributed by atoms with Gasteiger partial charge in [-0.3, -0.25) is 9.89 Å². The van der Waals surface area contributed by atoms with Crippen LogP contribution in [0.15, 0.2) is 48.5 Å². The summed E-state index contributed by atoms with van der Waals surface area (Å²) in [6.45, 7) is 3.62. The highest BCUT2D eigenvalue weighted by Gasteiger charge is 2.18. The lowest BCUT2D eigenvalue weighted by molar-refractivity contribution is 0.102. The summed E-state index contributed by atoms with van der Waals surface area (Å²) in [7, 11) is 0. The lowest BCUT2D eigenvalue weighted by atomic mass is 10.2. The van der Waals surface area contributed by atoms with Gasteiger partial charge in [-0.1, -0.05) is 22.9 Å². The third kappa shape index (κ3) is 3.49. The number of aromatic amines is 1. The fraction of sp³-hybridized carbons (Fsp3) is 0.105. The van der Waals surface area contributed by atoms with Crippen molar-refractivity contribution < 1.29 is 4.79 Å². The number of nitrogens with one attached hydrogen (secondary N) is 2. The summed E-state index contributed by atoms with van der Waals surface area (Å²) < 4.78 is 1.58. The molecule has 8 nitrogen and oxygen atoms in total. The number of amides is 1. The Hall–Kier alpha value is -3.52. The van der Waals surface area contributed by atoms with Crippen LogP contribution in [0.5, 0.6) is 0 Å². The number of carbonyl (C=O) groups excluding carboxylic acids is 1. The van der Waals surface area contributed by atoms with Crippen molar-refractivity contribution in [1.82, 2.24) is 30.2 Å². The lowest BCUT2D eigenvalue weighted by Crippen LogP contribution is -2.14. The van der Waals surface area contributed by atoms with Crippen molar-refractivity contribution in [3.8, 4) is 17.1 Å². The van der Waals surface area contributed by atoms with E-state index < -0.39 is 0 Å². The molecule has 4 rings (SSSR count). The molecule has 2 aromatic carbocycles. The molecule has 2 aromatic heterocycles. The van der Waals surface area contributed by atoms with Gasteiger partial charge in [0.2, 0.25) is 0 Å². The van der Waals surface area contributed by atoms with Crippen LogP contribution in [-0.4, -0.2) is 36.1 Å². The standard InChI is InChI=1S/C19H16ClN7O/c1-11-17(24-26-27(11)16-5-3-4-14(20)10-16)19(28)22-15-8-6-13(7-9-15)18-21-12(2)23-25-18/h3-10H,1-2H3,(H,22,28)(H,21,23,25). The van der Waals surface area contributed by atoms with Crippen molar-refractivity contribution in [2.75, 3.05) is 5.32 Å². The maximum atomic E-state index is 12.6. The molecular weight excluding hydrogens is 378 g/mol. The first-order chi connectivity index (χ1) is 13.5. The molecule has 28 heavy (non-hydrogen) atoms. The Balaban J connectivity index is 1.53. The van der Waals surface area contributed by atoms with Crippen molar-refractivity contribution in [1.29, 1.82) is 0 Å². The monoisotopic (exact) mass is 393 g/mol. The molecule has 0 atom stereocenters. The molecule has 1 amide bonds. The molecule has 0 bridgehead atoms. The van der Waals surface area contributed by atoms with Crippen molar-refractivity contribution >= 4 is 23.2 Å². The first kappa shape index (κ1) is 17.9. The summed E-state index contributed by atoms with van der Waals surface area (Å²) in [6, 6.07) is 14.4. The zero-order chi connectivity index (χ0) is 19.7. The third-order valence-corrected chi connectivity index (χ3v) is 4.40. The van der Waals surface area contributed by atoms with Gasteiger partial charge in [0, 0.05) is 16.3 Å². The number of benzene rings is 2. The van der Waals surface area contributed by atoms with E-state index in [2.05, 4.69) is 30.8 Å². The van der Waals surface area contributed by atoms with Crippen LogP contribution in [0.4, 0.5) is 5.69 Å². The van der Waals surface area contributed by atoms with Gasteiger partial charge >= 0.3 is 0 Å². The number of rotatable bonds is 4. The van der Waals surface area contributed by atoms with Gasteiger partial charge in [-0.2, -0.15) is 5.10 Å². The van der Waals surface area contributed by atoms with Gasteiger partial charge in [0.15, 0.2) is 11.5 Å². The summed E-state index contributed by atoms with van der Waals surface area (Å²) in [5.41, 5.74) is 3.09. The van der Waals surface area contributed by atoms with Crippen molar-refractivity contribution in [3.63, 3.8) is 0 Å². The smallest absolute Gasteiger partial charge is 0.278 e. The third-order valence-electron chi connectivity index (χ3n) is 4.16. The van der Waals surface area contributed by atoms with Gasteiger partial charge in [0.05, 0.1) is 11.4 Å². The molecule has 0 saturated carbocycles. The molecule has 0 fully saturated rings. The van der Waals surface area contributed by atoms with Crippen LogP contribution in [0.25, 0.3) is 17.1 Å². The number of carbonyl (C=O) groups is 1. The molecule has 2 heterocycles. The predicted octanol–water partition coefficient (Wildman–Crippen LogP) is 3.57. The quantitative estimate of drug-likeness (QED) is 0.551. The number of aromatic nitrogens is 6. The highest BCUT2D eigenvalue weighted by atomic mass is 35.5. The average Bonchev–Trinajstić information content (AvgIpc) is 3.28. The minimum absolute atomic E-state index is 0.244. The molecular formula is C19H16ClN7O. The van der Waals surface area contributed by atoms with E-state index in [1.807, 2.05) is 31.2 Å². The maximum absolute atomic E-state index is 12.6. The van der Waals surface area contributed by atoms with E-state index in [1.54, 1.807) is 35.9 Å². The van der Waals surface area contributed by atoms with Crippen LogP contribution < -0.4 is 5.32 Å². The second kappa shape index (κ2) is 7.24. The van der Waals surface area contributed by atoms with Gasteiger partial charge in [-0.15, -0.1) is 5.10 Å². The summed E-state index contributed by atoms with van der Waals surface area (Å²) in [5, 5.41) is 18.4. The van der Waals surface area contributed by atoms with Crippen LogP contribution >= 0.6 is 11.6 Å². The van der Waals surface area contributed by atoms with E-state index in [0.717, 1.165) is 17.1 Å². The Morgan fingerprint density at radius 3 is 2.61 bits per heavy atom. The Labute approximate surface area is 165 Å². The van der Waals surface area contributed by atoms with Crippen LogP contribution in [0, 0.1) is 13.8 Å². The van der Waals surface area contributed by atoms with Gasteiger partial charge in [-0.05, 0) is 56.3 Å². The molecule has 0 radical (unpaired) electrons. The van der Waals surface area contributed by atoms with E-state index in [1.165, 1.54) is 0 Å². The molecule has 4 aromatic rings. The molecule has 0 aliphatic rings. The normalized spacial score (nSPS) is 10.8. The summed E-state index contributed by atoms with van der Waals surface area (Å²) in [6.07, 6.45) is 0. The second-order valence-electron chi connectivity index (χ2n) is 6.19. The maximum Gasteiger partial charge on any atom is 0.278 e. The van der Waals surface area contributed by atoms with Gasteiger partial charge in [0.1, 0.15) is 5.82 Å². The van der Waals surface area contributed by atoms with E-state index >= 15 is 0 Å².